The molecule has 20 heavy (non-hydrogen) atoms. The number of carbonyl (C=O) groups is 1. The van der Waals surface area contributed by atoms with E-state index in [-0.39, 0.29) is 5.12 Å². The number of unbranched alkanes of at least 4 members (excludes halogenated alkanes) is 1. The molecular weight excluding hydrogens is 284 g/mol. The summed E-state index contributed by atoms with van der Waals surface area (Å²) in [6.07, 6.45) is 2.21. The fourth-order valence-corrected chi connectivity index (χ4v) is 3.38. The van der Waals surface area contributed by atoms with Gasteiger partial charge in [0.1, 0.15) is 0 Å². The van der Waals surface area contributed by atoms with E-state index in [1.54, 1.807) is 11.8 Å². The number of carbonyl (C=O) groups excluding carboxylic acids is 1. The Hall–Kier alpha value is -0.930. The first-order valence-corrected chi connectivity index (χ1v) is 8.56. The number of benzene rings is 1. The minimum atomic E-state index is 0.172. The summed E-state index contributed by atoms with van der Waals surface area (Å²) in [5, 5.41) is 0.172. The number of hydrogen-bond acceptors (Lipinski definition) is 3. The van der Waals surface area contributed by atoms with Gasteiger partial charge in [0, 0.05) is 21.1 Å². The monoisotopic (exact) mass is 306 g/mol. The standard InChI is InChI=1S/C17H22OS2/c1-6-7-10-19-17(18)16-9-8-15(11-13(16)4)20-14(5)12(2)3/h8-9,11H,2,5-7,10H2,1,3-4H3. The molecule has 0 radical (unpaired) electrons. The fraction of sp³-hybridized carbons (Fsp3) is 0.353. The van der Waals surface area contributed by atoms with E-state index in [0.717, 1.165) is 45.1 Å². The van der Waals surface area contributed by atoms with Crippen LogP contribution >= 0.6 is 23.5 Å². The Bertz CT molecular complexity index is 518. The second-order valence-corrected chi connectivity index (χ2v) is 7.01. The smallest absolute Gasteiger partial charge is 0.219 e. The maximum atomic E-state index is 12.1. The first-order chi connectivity index (χ1) is 9.45. The summed E-state index contributed by atoms with van der Waals surface area (Å²) >= 11 is 3.01. The fourth-order valence-electron chi connectivity index (χ4n) is 1.55. The molecule has 0 bridgehead atoms. The lowest BCUT2D eigenvalue weighted by atomic mass is 10.1. The van der Waals surface area contributed by atoms with Crippen molar-refractivity contribution < 1.29 is 4.79 Å². The third-order valence-electron chi connectivity index (χ3n) is 2.87. The number of rotatable bonds is 7. The second-order valence-electron chi connectivity index (χ2n) is 4.77. The molecule has 0 heterocycles. The van der Waals surface area contributed by atoms with Crippen LogP contribution in [-0.4, -0.2) is 10.9 Å². The van der Waals surface area contributed by atoms with Crippen LogP contribution in [0.3, 0.4) is 0 Å². The van der Waals surface area contributed by atoms with Crippen LogP contribution in [0.2, 0.25) is 0 Å². The van der Waals surface area contributed by atoms with E-state index in [1.807, 2.05) is 32.0 Å². The van der Waals surface area contributed by atoms with Gasteiger partial charge in [-0.1, -0.05) is 50.0 Å². The molecule has 0 saturated carbocycles. The third-order valence-corrected chi connectivity index (χ3v) is 4.93. The van der Waals surface area contributed by atoms with Crippen molar-refractivity contribution in [2.24, 2.45) is 0 Å². The van der Waals surface area contributed by atoms with Crippen molar-refractivity contribution in [3.05, 3.63) is 53.0 Å². The van der Waals surface area contributed by atoms with Crippen LogP contribution in [0.1, 0.15) is 42.6 Å². The Balaban J connectivity index is 2.75. The van der Waals surface area contributed by atoms with Crippen molar-refractivity contribution >= 4 is 28.6 Å². The molecule has 1 rings (SSSR count). The van der Waals surface area contributed by atoms with Crippen molar-refractivity contribution in [2.75, 3.05) is 5.75 Å². The Morgan fingerprint density at radius 1 is 1.30 bits per heavy atom. The number of allylic oxidation sites excluding steroid dienone is 1. The second kappa shape index (κ2) is 8.38. The first-order valence-electron chi connectivity index (χ1n) is 6.76. The van der Waals surface area contributed by atoms with Crippen molar-refractivity contribution in [2.45, 2.75) is 38.5 Å². The third kappa shape index (κ3) is 5.22. The van der Waals surface area contributed by atoms with Gasteiger partial charge in [0.15, 0.2) is 0 Å². The molecule has 3 heteroatoms. The Morgan fingerprint density at radius 2 is 2.00 bits per heavy atom. The van der Waals surface area contributed by atoms with Crippen LogP contribution in [-0.2, 0) is 0 Å². The predicted octanol–water partition coefficient (Wildman–Crippen LogP) is 5.85. The quantitative estimate of drug-likeness (QED) is 0.357. The molecule has 0 aliphatic rings. The zero-order valence-corrected chi connectivity index (χ0v) is 14.1. The van der Waals surface area contributed by atoms with Gasteiger partial charge in [0.05, 0.1) is 0 Å². The lowest BCUT2D eigenvalue weighted by molar-refractivity contribution is 0.108. The van der Waals surface area contributed by atoms with Crippen LogP contribution < -0.4 is 0 Å². The Morgan fingerprint density at radius 3 is 2.55 bits per heavy atom. The molecule has 1 aromatic rings. The van der Waals surface area contributed by atoms with Crippen molar-refractivity contribution in [1.29, 1.82) is 0 Å². The molecule has 0 aliphatic carbocycles. The van der Waals surface area contributed by atoms with E-state index < -0.39 is 0 Å². The highest BCUT2D eigenvalue weighted by atomic mass is 32.2. The molecule has 0 spiro atoms. The van der Waals surface area contributed by atoms with Crippen LogP contribution in [0.4, 0.5) is 0 Å². The number of hydrogen-bond donors (Lipinski definition) is 0. The molecule has 0 saturated heterocycles. The van der Waals surface area contributed by atoms with E-state index in [0.29, 0.717) is 0 Å². The van der Waals surface area contributed by atoms with Gasteiger partial charge in [-0.2, -0.15) is 0 Å². The van der Waals surface area contributed by atoms with Gasteiger partial charge in [-0.3, -0.25) is 4.79 Å². The summed E-state index contributed by atoms with van der Waals surface area (Å²) in [5.74, 6) is 0.901. The summed E-state index contributed by atoms with van der Waals surface area (Å²) in [5.41, 5.74) is 2.82. The van der Waals surface area contributed by atoms with E-state index >= 15 is 0 Å². The molecule has 1 aromatic carbocycles. The van der Waals surface area contributed by atoms with Crippen molar-refractivity contribution in [3.63, 3.8) is 0 Å². The van der Waals surface area contributed by atoms with Gasteiger partial charge in [0.25, 0.3) is 0 Å². The van der Waals surface area contributed by atoms with Crippen LogP contribution in [0.25, 0.3) is 0 Å². The minimum absolute atomic E-state index is 0.172. The van der Waals surface area contributed by atoms with E-state index in [9.17, 15) is 4.79 Å². The van der Waals surface area contributed by atoms with Crippen molar-refractivity contribution in [3.8, 4) is 0 Å². The average molecular weight is 306 g/mol. The summed E-state index contributed by atoms with van der Waals surface area (Å²) in [7, 11) is 0. The van der Waals surface area contributed by atoms with Crippen LogP contribution in [0, 0.1) is 6.92 Å². The molecular formula is C17H22OS2. The van der Waals surface area contributed by atoms with Gasteiger partial charge in [-0.15, -0.1) is 0 Å². The summed E-state index contributed by atoms with van der Waals surface area (Å²) in [6, 6.07) is 5.95. The normalized spacial score (nSPS) is 10.3. The number of thioether (sulfide) groups is 2. The summed E-state index contributed by atoms with van der Waals surface area (Å²) in [4.78, 5) is 14.2. The van der Waals surface area contributed by atoms with E-state index in [4.69, 9.17) is 0 Å². The van der Waals surface area contributed by atoms with Gasteiger partial charge in [-0.25, -0.2) is 0 Å². The molecule has 0 N–H and O–H groups in total. The average Bonchev–Trinajstić information content (AvgIpc) is 2.38. The topological polar surface area (TPSA) is 17.1 Å². The maximum absolute atomic E-state index is 12.1. The highest BCUT2D eigenvalue weighted by molar-refractivity contribution is 8.14. The SMILES string of the molecule is C=C(C)C(=C)Sc1ccc(C(=O)SCCCC)c(C)c1. The van der Waals surface area contributed by atoms with Gasteiger partial charge in [0.2, 0.25) is 5.12 Å². The summed E-state index contributed by atoms with van der Waals surface area (Å²) < 4.78 is 0. The number of aryl methyl sites for hydroxylation is 1. The molecule has 108 valence electrons. The van der Waals surface area contributed by atoms with E-state index in [1.165, 1.54) is 11.8 Å². The zero-order chi connectivity index (χ0) is 15.1. The highest BCUT2D eigenvalue weighted by Gasteiger charge is 2.10. The molecule has 0 atom stereocenters. The predicted molar refractivity (Wildman–Crippen MR) is 92.7 cm³/mol. The van der Waals surface area contributed by atoms with Gasteiger partial charge < -0.3 is 0 Å². The largest absolute Gasteiger partial charge is 0.282 e. The first kappa shape index (κ1) is 17.1. The van der Waals surface area contributed by atoms with Crippen LogP contribution in [0.5, 0.6) is 0 Å². The molecule has 0 amide bonds. The zero-order valence-electron chi connectivity index (χ0n) is 12.5. The molecule has 1 nitrogen and oxygen atoms in total. The molecule has 0 aromatic heterocycles. The highest BCUT2D eigenvalue weighted by Crippen LogP contribution is 2.31. The Labute approximate surface area is 130 Å². The maximum Gasteiger partial charge on any atom is 0.219 e. The molecule has 0 aliphatic heterocycles. The Kier molecular flexibility index (Phi) is 7.17. The lowest BCUT2D eigenvalue weighted by Crippen LogP contribution is -1.98. The van der Waals surface area contributed by atoms with E-state index in [2.05, 4.69) is 20.1 Å². The van der Waals surface area contributed by atoms with Crippen molar-refractivity contribution in [1.82, 2.24) is 0 Å². The summed E-state index contributed by atoms with van der Waals surface area (Å²) in [6.45, 7) is 13.9. The van der Waals surface area contributed by atoms with Crippen LogP contribution in [0.15, 0.2) is 46.7 Å². The lowest BCUT2D eigenvalue weighted by Gasteiger charge is -2.09. The van der Waals surface area contributed by atoms with Gasteiger partial charge in [-0.05, 0) is 49.6 Å². The molecule has 0 fully saturated rings. The molecule has 0 unspecified atom stereocenters. The minimum Gasteiger partial charge on any atom is -0.282 e. The van der Waals surface area contributed by atoms with Gasteiger partial charge >= 0.3 is 0 Å².